The molecule has 0 aromatic heterocycles. The Kier molecular flexibility index (Phi) is 4.73. The summed E-state index contributed by atoms with van der Waals surface area (Å²) in [6.45, 7) is 1.88. The fraction of sp³-hybridized carbons (Fsp3) is 0.364. The predicted octanol–water partition coefficient (Wildman–Crippen LogP) is 1.80. The van der Waals surface area contributed by atoms with E-state index in [1.54, 1.807) is 0 Å². The van der Waals surface area contributed by atoms with Gasteiger partial charge in [0.05, 0.1) is 22.7 Å². The lowest BCUT2D eigenvalue weighted by atomic mass is 10.1. The first-order valence-electron chi connectivity index (χ1n) is 5.45. The van der Waals surface area contributed by atoms with Gasteiger partial charge >= 0.3 is 0 Å². The van der Waals surface area contributed by atoms with Crippen LogP contribution in [0.3, 0.4) is 0 Å². The Morgan fingerprint density at radius 1 is 1.56 bits per heavy atom. The molecule has 0 fully saturated rings. The van der Waals surface area contributed by atoms with Gasteiger partial charge in [-0.25, -0.2) is 4.39 Å². The van der Waals surface area contributed by atoms with Gasteiger partial charge in [-0.3, -0.25) is 14.9 Å². The van der Waals surface area contributed by atoms with Gasteiger partial charge in [-0.05, 0) is 12.5 Å². The van der Waals surface area contributed by atoms with Crippen molar-refractivity contribution in [2.75, 3.05) is 5.32 Å². The zero-order valence-corrected chi connectivity index (χ0v) is 9.85. The number of non-ortho nitro benzene ring substituents is 1. The van der Waals surface area contributed by atoms with Gasteiger partial charge in [-0.2, -0.15) is 0 Å². The molecule has 1 aromatic carbocycles. The Bertz CT molecular complexity index is 465. The van der Waals surface area contributed by atoms with Crippen LogP contribution in [0.4, 0.5) is 15.8 Å². The lowest BCUT2D eigenvalue weighted by molar-refractivity contribution is -0.385. The number of rotatable bonds is 5. The van der Waals surface area contributed by atoms with Crippen molar-refractivity contribution >= 4 is 17.3 Å². The minimum Gasteiger partial charge on any atom is -0.324 e. The lowest BCUT2D eigenvalue weighted by Gasteiger charge is -2.11. The number of hydrogen-bond donors (Lipinski definition) is 2. The van der Waals surface area contributed by atoms with E-state index >= 15 is 0 Å². The Balaban J connectivity index is 2.84. The molecule has 0 radical (unpaired) electrons. The quantitative estimate of drug-likeness (QED) is 0.619. The number of hydrogen-bond acceptors (Lipinski definition) is 4. The second kappa shape index (κ2) is 6.06. The number of anilines is 1. The number of nitro groups is 1. The van der Waals surface area contributed by atoms with E-state index in [0.717, 1.165) is 24.6 Å². The van der Waals surface area contributed by atoms with Crippen LogP contribution in [0.1, 0.15) is 19.8 Å². The molecule has 1 rings (SSSR count). The average molecular weight is 255 g/mol. The van der Waals surface area contributed by atoms with Gasteiger partial charge in [-0.15, -0.1) is 0 Å². The number of nitrogens with zero attached hydrogens (tertiary/aromatic N) is 1. The summed E-state index contributed by atoms with van der Waals surface area (Å²) in [4.78, 5) is 21.4. The third kappa shape index (κ3) is 3.77. The summed E-state index contributed by atoms with van der Waals surface area (Å²) in [6, 6.07) is 2.16. The van der Waals surface area contributed by atoms with E-state index in [1.165, 1.54) is 0 Å². The molecule has 0 bridgehead atoms. The molecule has 1 amide bonds. The van der Waals surface area contributed by atoms with Gasteiger partial charge in [-0.1, -0.05) is 13.3 Å². The van der Waals surface area contributed by atoms with Crippen LogP contribution in [0.5, 0.6) is 0 Å². The van der Waals surface area contributed by atoms with Crippen LogP contribution in [0.25, 0.3) is 0 Å². The third-order valence-corrected chi connectivity index (χ3v) is 2.30. The Morgan fingerprint density at radius 3 is 2.78 bits per heavy atom. The fourth-order valence-corrected chi connectivity index (χ4v) is 1.43. The van der Waals surface area contributed by atoms with E-state index in [1.807, 2.05) is 6.92 Å². The second-order valence-corrected chi connectivity index (χ2v) is 3.84. The molecule has 1 aromatic rings. The molecular weight excluding hydrogens is 241 g/mol. The Morgan fingerprint density at radius 2 is 2.22 bits per heavy atom. The van der Waals surface area contributed by atoms with Crippen LogP contribution >= 0.6 is 0 Å². The fourth-order valence-electron chi connectivity index (χ4n) is 1.43. The first-order chi connectivity index (χ1) is 8.43. The number of carbonyl (C=O) groups excluding carboxylic acids is 1. The van der Waals surface area contributed by atoms with Crippen molar-refractivity contribution in [3.8, 4) is 0 Å². The number of nitrogens with one attached hydrogen (secondary N) is 1. The zero-order valence-electron chi connectivity index (χ0n) is 9.85. The summed E-state index contributed by atoms with van der Waals surface area (Å²) in [7, 11) is 0. The van der Waals surface area contributed by atoms with E-state index in [0.29, 0.717) is 6.42 Å². The summed E-state index contributed by atoms with van der Waals surface area (Å²) in [5.41, 5.74) is 5.18. The lowest BCUT2D eigenvalue weighted by Crippen LogP contribution is -2.35. The SMILES string of the molecule is CCC[C@@H](N)C(=O)Nc1cc(F)cc([N+](=O)[O-])c1. The topological polar surface area (TPSA) is 98.3 Å². The standard InChI is InChI=1S/C11H14FN3O3/c1-2-3-10(13)11(16)14-8-4-7(12)5-9(6-8)15(17)18/h4-6,10H,2-3,13H2,1H3,(H,14,16)/t10-/m1/s1. The van der Waals surface area contributed by atoms with Crippen molar-refractivity contribution in [2.24, 2.45) is 5.73 Å². The molecule has 1 atom stereocenters. The minimum absolute atomic E-state index is 0.0262. The smallest absolute Gasteiger partial charge is 0.274 e. The van der Waals surface area contributed by atoms with E-state index in [9.17, 15) is 19.3 Å². The summed E-state index contributed by atoms with van der Waals surface area (Å²) in [5, 5.41) is 12.9. The summed E-state index contributed by atoms with van der Waals surface area (Å²) in [6.07, 6.45) is 1.22. The van der Waals surface area contributed by atoms with Gasteiger partial charge in [0.25, 0.3) is 5.69 Å². The summed E-state index contributed by atoms with van der Waals surface area (Å²) in [5.74, 6) is -1.28. The number of amides is 1. The zero-order chi connectivity index (χ0) is 13.7. The number of halogens is 1. The Hall–Kier alpha value is -2.02. The van der Waals surface area contributed by atoms with Crippen LogP contribution in [0, 0.1) is 15.9 Å². The van der Waals surface area contributed by atoms with Gasteiger partial charge < -0.3 is 11.1 Å². The van der Waals surface area contributed by atoms with Crippen molar-refractivity contribution in [2.45, 2.75) is 25.8 Å². The van der Waals surface area contributed by atoms with Crippen molar-refractivity contribution in [3.63, 3.8) is 0 Å². The molecule has 0 unspecified atom stereocenters. The first kappa shape index (κ1) is 14.0. The molecule has 6 nitrogen and oxygen atoms in total. The van der Waals surface area contributed by atoms with Crippen LogP contribution in [0.2, 0.25) is 0 Å². The highest BCUT2D eigenvalue weighted by molar-refractivity contribution is 5.94. The highest BCUT2D eigenvalue weighted by Crippen LogP contribution is 2.20. The van der Waals surface area contributed by atoms with E-state index in [-0.39, 0.29) is 5.69 Å². The molecule has 0 spiro atoms. The highest BCUT2D eigenvalue weighted by atomic mass is 19.1. The molecule has 18 heavy (non-hydrogen) atoms. The maximum atomic E-state index is 13.1. The monoisotopic (exact) mass is 255 g/mol. The molecular formula is C11H14FN3O3. The van der Waals surface area contributed by atoms with Crippen molar-refractivity contribution in [3.05, 3.63) is 34.1 Å². The van der Waals surface area contributed by atoms with Crippen LogP contribution < -0.4 is 11.1 Å². The maximum Gasteiger partial charge on any atom is 0.274 e. The van der Waals surface area contributed by atoms with Crippen LogP contribution in [-0.2, 0) is 4.79 Å². The number of nitrogens with two attached hydrogens (primary N) is 1. The Labute approximate surface area is 103 Å². The van der Waals surface area contributed by atoms with Gasteiger partial charge in [0.2, 0.25) is 5.91 Å². The summed E-state index contributed by atoms with van der Waals surface area (Å²) < 4.78 is 13.1. The minimum atomic E-state index is -0.788. The third-order valence-electron chi connectivity index (χ3n) is 2.30. The molecule has 0 saturated heterocycles. The van der Waals surface area contributed by atoms with Crippen molar-refractivity contribution < 1.29 is 14.1 Å². The molecule has 0 aliphatic rings. The average Bonchev–Trinajstić information content (AvgIpc) is 2.28. The van der Waals surface area contributed by atoms with Crippen LogP contribution in [0.15, 0.2) is 18.2 Å². The summed E-state index contributed by atoms with van der Waals surface area (Å²) >= 11 is 0. The molecule has 0 heterocycles. The van der Waals surface area contributed by atoms with Gasteiger partial charge in [0.15, 0.2) is 0 Å². The highest BCUT2D eigenvalue weighted by Gasteiger charge is 2.15. The predicted molar refractivity (Wildman–Crippen MR) is 64.6 cm³/mol. The molecule has 7 heteroatoms. The molecule has 0 saturated carbocycles. The van der Waals surface area contributed by atoms with Gasteiger partial charge in [0.1, 0.15) is 5.82 Å². The number of benzene rings is 1. The second-order valence-electron chi connectivity index (χ2n) is 3.84. The van der Waals surface area contributed by atoms with E-state index in [4.69, 9.17) is 5.73 Å². The first-order valence-corrected chi connectivity index (χ1v) is 5.45. The van der Waals surface area contributed by atoms with Crippen molar-refractivity contribution in [1.29, 1.82) is 0 Å². The van der Waals surface area contributed by atoms with Crippen LogP contribution in [-0.4, -0.2) is 16.9 Å². The van der Waals surface area contributed by atoms with E-state index < -0.39 is 28.4 Å². The maximum absolute atomic E-state index is 13.1. The molecule has 98 valence electrons. The largest absolute Gasteiger partial charge is 0.324 e. The van der Waals surface area contributed by atoms with Crippen molar-refractivity contribution in [1.82, 2.24) is 0 Å². The normalized spacial score (nSPS) is 11.9. The van der Waals surface area contributed by atoms with Gasteiger partial charge in [0, 0.05) is 6.07 Å². The number of carbonyl (C=O) groups is 1. The van der Waals surface area contributed by atoms with E-state index in [2.05, 4.69) is 5.32 Å². The number of nitro benzene ring substituents is 1. The molecule has 0 aliphatic carbocycles. The molecule has 3 N–H and O–H groups in total. The molecule has 0 aliphatic heterocycles.